The Kier molecular flexibility index (Phi) is 7.16. The van der Waals surface area contributed by atoms with E-state index in [1.54, 1.807) is 55.0 Å². The second-order valence-electron chi connectivity index (χ2n) is 7.31. The first-order chi connectivity index (χ1) is 16.6. The van der Waals surface area contributed by atoms with Gasteiger partial charge >= 0.3 is 0 Å². The minimum atomic E-state index is -0.339. The van der Waals surface area contributed by atoms with E-state index in [9.17, 15) is 9.59 Å². The summed E-state index contributed by atoms with van der Waals surface area (Å²) in [5.41, 5.74) is 9.47. The van der Waals surface area contributed by atoms with Crippen molar-refractivity contribution in [1.29, 1.82) is 0 Å². The molecule has 0 spiro atoms. The van der Waals surface area contributed by atoms with Crippen molar-refractivity contribution in [2.24, 2.45) is 5.73 Å². The van der Waals surface area contributed by atoms with Gasteiger partial charge in [-0.15, -0.1) is 0 Å². The molecule has 4 rings (SSSR count). The Hall–Kier alpha value is -4.63. The zero-order chi connectivity index (χ0) is 23.8. The molecule has 34 heavy (non-hydrogen) atoms. The summed E-state index contributed by atoms with van der Waals surface area (Å²) in [4.78, 5) is 37.2. The fourth-order valence-corrected chi connectivity index (χ4v) is 3.17. The van der Waals surface area contributed by atoms with Gasteiger partial charge < -0.3 is 21.7 Å². The van der Waals surface area contributed by atoms with Gasteiger partial charge in [0, 0.05) is 36.3 Å². The molecule has 9 heteroatoms. The van der Waals surface area contributed by atoms with E-state index in [1.807, 2.05) is 30.3 Å². The zero-order valence-electron chi connectivity index (χ0n) is 18.2. The summed E-state index contributed by atoms with van der Waals surface area (Å²) in [6.07, 6.45) is 5.16. The Labute approximate surface area is 196 Å². The zero-order valence-corrected chi connectivity index (χ0v) is 18.2. The summed E-state index contributed by atoms with van der Waals surface area (Å²) in [5, 5.41) is 8.69. The van der Waals surface area contributed by atoms with Crippen LogP contribution in [0.25, 0.3) is 11.3 Å². The number of benzene rings is 2. The highest BCUT2D eigenvalue weighted by Crippen LogP contribution is 2.22. The first-order valence-electron chi connectivity index (χ1n) is 10.6. The number of rotatable bonds is 8. The van der Waals surface area contributed by atoms with Gasteiger partial charge in [-0.05, 0) is 48.0 Å². The Bertz CT molecular complexity index is 1280. The van der Waals surface area contributed by atoms with Crippen molar-refractivity contribution >= 4 is 29.1 Å². The number of carbonyl (C=O) groups is 2. The fraction of sp³-hybridized carbons (Fsp3) is 0.0800. The Morgan fingerprint density at radius 2 is 1.62 bits per heavy atom. The van der Waals surface area contributed by atoms with E-state index in [0.717, 1.165) is 16.8 Å². The topological polar surface area (TPSA) is 135 Å². The second-order valence-corrected chi connectivity index (χ2v) is 7.31. The van der Waals surface area contributed by atoms with Crippen molar-refractivity contribution < 1.29 is 9.59 Å². The average molecular weight is 454 g/mol. The van der Waals surface area contributed by atoms with Gasteiger partial charge in [0.25, 0.3) is 5.91 Å². The summed E-state index contributed by atoms with van der Waals surface area (Å²) in [6, 6.07) is 19.8. The van der Waals surface area contributed by atoms with Crippen molar-refractivity contribution in [3.63, 3.8) is 0 Å². The number of nitrogens with two attached hydrogens (primary N) is 1. The predicted octanol–water partition coefficient (Wildman–Crippen LogP) is 3.30. The highest BCUT2D eigenvalue weighted by atomic mass is 16.2. The van der Waals surface area contributed by atoms with E-state index in [2.05, 4.69) is 30.9 Å². The van der Waals surface area contributed by atoms with E-state index in [4.69, 9.17) is 5.73 Å². The number of pyridine rings is 1. The smallest absolute Gasteiger partial charge is 0.255 e. The summed E-state index contributed by atoms with van der Waals surface area (Å²) in [5.74, 6) is -0.130. The van der Waals surface area contributed by atoms with E-state index in [-0.39, 0.29) is 18.4 Å². The molecule has 0 unspecified atom stereocenters. The van der Waals surface area contributed by atoms with Gasteiger partial charge in [0.2, 0.25) is 11.9 Å². The number of hydrogen-bond donors (Lipinski definition) is 4. The molecule has 4 aromatic rings. The molecule has 0 aliphatic heterocycles. The molecule has 170 valence electrons. The monoisotopic (exact) mass is 453 g/mol. The van der Waals surface area contributed by atoms with Gasteiger partial charge in [-0.1, -0.05) is 24.3 Å². The van der Waals surface area contributed by atoms with Crippen LogP contribution in [0.4, 0.5) is 17.3 Å². The molecule has 0 aliphatic rings. The van der Waals surface area contributed by atoms with Gasteiger partial charge in [-0.2, -0.15) is 0 Å². The molecule has 0 atom stereocenters. The van der Waals surface area contributed by atoms with E-state index >= 15 is 0 Å². The van der Waals surface area contributed by atoms with Crippen LogP contribution >= 0.6 is 0 Å². The lowest BCUT2D eigenvalue weighted by Gasteiger charge is -2.12. The SMILES string of the molecule is NCC(=O)Nc1ccccc1NC(=O)c1ccc(CNc2nccc(-c3cccnc3)n2)cc1. The third-order valence-corrected chi connectivity index (χ3v) is 4.91. The van der Waals surface area contributed by atoms with Crippen LogP contribution in [0.1, 0.15) is 15.9 Å². The van der Waals surface area contributed by atoms with Gasteiger partial charge in [0.15, 0.2) is 0 Å². The van der Waals surface area contributed by atoms with Crippen molar-refractivity contribution in [3.8, 4) is 11.3 Å². The average Bonchev–Trinajstić information content (AvgIpc) is 2.89. The molecule has 0 bridgehead atoms. The molecule has 2 amide bonds. The second kappa shape index (κ2) is 10.8. The Morgan fingerprint density at radius 1 is 0.853 bits per heavy atom. The molecule has 0 fully saturated rings. The number of para-hydroxylation sites is 2. The number of aromatic nitrogens is 3. The summed E-state index contributed by atoms with van der Waals surface area (Å²) in [6.45, 7) is 0.350. The van der Waals surface area contributed by atoms with Gasteiger partial charge in [0.05, 0.1) is 23.6 Å². The summed E-state index contributed by atoms with van der Waals surface area (Å²) < 4.78 is 0. The molecule has 0 aliphatic carbocycles. The molecule has 5 N–H and O–H groups in total. The summed E-state index contributed by atoms with van der Waals surface area (Å²) in [7, 11) is 0. The van der Waals surface area contributed by atoms with Crippen molar-refractivity contribution in [1.82, 2.24) is 15.0 Å². The normalized spacial score (nSPS) is 10.4. The lowest BCUT2D eigenvalue weighted by molar-refractivity contribution is -0.114. The van der Waals surface area contributed by atoms with Crippen LogP contribution in [0.2, 0.25) is 0 Å². The standard InChI is InChI=1S/C25H23N7O2/c26-14-23(33)30-21-5-1-2-6-22(21)31-24(34)18-9-7-17(8-10-18)15-29-25-28-13-11-20(32-25)19-4-3-12-27-16-19/h1-13,16H,14-15,26H2,(H,30,33)(H,31,34)(H,28,29,32). The number of carbonyl (C=O) groups excluding carboxylic acids is 2. The Balaban J connectivity index is 1.38. The molecule has 2 aromatic carbocycles. The minimum Gasteiger partial charge on any atom is -0.350 e. The van der Waals surface area contributed by atoms with Crippen LogP contribution in [-0.4, -0.2) is 33.3 Å². The van der Waals surface area contributed by atoms with Crippen LogP contribution in [0.15, 0.2) is 85.3 Å². The highest BCUT2D eigenvalue weighted by molar-refractivity contribution is 6.07. The fourth-order valence-electron chi connectivity index (χ4n) is 3.17. The number of anilines is 3. The maximum absolute atomic E-state index is 12.7. The van der Waals surface area contributed by atoms with E-state index in [1.165, 1.54) is 0 Å². The molecule has 9 nitrogen and oxygen atoms in total. The van der Waals surface area contributed by atoms with Crippen LogP contribution in [0.5, 0.6) is 0 Å². The van der Waals surface area contributed by atoms with Crippen molar-refractivity contribution in [2.45, 2.75) is 6.54 Å². The molecule has 0 saturated heterocycles. The van der Waals surface area contributed by atoms with Crippen molar-refractivity contribution in [2.75, 3.05) is 22.5 Å². The van der Waals surface area contributed by atoms with Gasteiger partial charge in [0.1, 0.15) is 0 Å². The van der Waals surface area contributed by atoms with Crippen molar-refractivity contribution in [3.05, 3.63) is 96.4 Å². The third kappa shape index (κ3) is 5.78. The first-order valence-corrected chi connectivity index (χ1v) is 10.6. The van der Waals surface area contributed by atoms with Crippen LogP contribution in [-0.2, 0) is 11.3 Å². The number of hydrogen-bond acceptors (Lipinski definition) is 7. The van der Waals surface area contributed by atoms with Crippen LogP contribution < -0.4 is 21.7 Å². The number of amides is 2. The maximum atomic E-state index is 12.7. The molecular formula is C25H23N7O2. The maximum Gasteiger partial charge on any atom is 0.255 e. The Morgan fingerprint density at radius 3 is 2.32 bits per heavy atom. The lowest BCUT2D eigenvalue weighted by Crippen LogP contribution is -2.23. The highest BCUT2D eigenvalue weighted by Gasteiger charge is 2.11. The number of nitrogens with one attached hydrogen (secondary N) is 3. The third-order valence-electron chi connectivity index (χ3n) is 4.91. The summed E-state index contributed by atoms with van der Waals surface area (Å²) >= 11 is 0. The minimum absolute atomic E-state index is 0.142. The van der Waals surface area contributed by atoms with Crippen LogP contribution in [0, 0.1) is 0 Å². The van der Waals surface area contributed by atoms with E-state index < -0.39 is 0 Å². The molecule has 2 aromatic heterocycles. The molecule has 0 radical (unpaired) electrons. The largest absolute Gasteiger partial charge is 0.350 e. The quantitative estimate of drug-likeness (QED) is 0.321. The van der Waals surface area contributed by atoms with Gasteiger partial charge in [-0.3, -0.25) is 14.6 Å². The molecule has 2 heterocycles. The predicted molar refractivity (Wildman–Crippen MR) is 131 cm³/mol. The lowest BCUT2D eigenvalue weighted by atomic mass is 10.1. The molecule has 0 saturated carbocycles. The van der Waals surface area contributed by atoms with E-state index in [0.29, 0.717) is 29.4 Å². The van der Waals surface area contributed by atoms with Gasteiger partial charge in [-0.25, -0.2) is 9.97 Å². The molecular weight excluding hydrogens is 430 g/mol. The number of nitrogens with zero attached hydrogens (tertiary/aromatic N) is 3. The van der Waals surface area contributed by atoms with Crippen LogP contribution in [0.3, 0.4) is 0 Å². The first kappa shape index (κ1) is 22.6.